The topological polar surface area (TPSA) is 139 Å². The molecule has 29 heavy (non-hydrogen) atoms. The fraction of sp³-hybridized carbons (Fsp3) is 0.286. The number of alkyl halides is 2. The highest BCUT2D eigenvalue weighted by Crippen LogP contribution is 2.18. The minimum atomic E-state index is -4.58. The highest BCUT2D eigenvalue weighted by Gasteiger charge is 2.35. The standard InChI is InChI=1S/C14H14ClF2N5O6S/c1-27-9(23)7-5-3-4-6-8(7)29(25,26)21-13(24)20-12-18-10(15)19-14(28-2)22(12)11(16)17/h3-6,11-12H,1-2H3,(H2,20,21,24). The van der Waals surface area contributed by atoms with E-state index in [4.69, 9.17) is 11.6 Å². The van der Waals surface area contributed by atoms with Crippen molar-refractivity contribution >= 4 is 44.9 Å². The van der Waals surface area contributed by atoms with E-state index in [0.29, 0.717) is 0 Å². The van der Waals surface area contributed by atoms with E-state index in [1.165, 1.54) is 18.2 Å². The van der Waals surface area contributed by atoms with Crippen molar-refractivity contribution in [3.8, 4) is 0 Å². The van der Waals surface area contributed by atoms with Gasteiger partial charge in [0.05, 0.1) is 19.8 Å². The van der Waals surface area contributed by atoms with Crippen LogP contribution in [-0.2, 0) is 19.5 Å². The molecule has 1 aliphatic heterocycles. The van der Waals surface area contributed by atoms with Crippen molar-refractivity contribution in [2.24, 2.45) is 9.98 Å². The number of carbonyl (C=O) groups excluding carboxylic acids is 2. The molecule has 0 aliphatic carbocycles. The lowest BCUT2D eigenvalue weighted by Gasteiger charge is -2.31. The number of nitrogens with zero attached hydrogens (tertiary/aromatic N) is 3. The molecule has 0 aromatic heterocycles. The van der Waals surface area contributed by atoms with Gasteiger partial charge in [-0.1, -0.05) is 12.1 Å². The third kappa shape index (κ3) is 5.08. The molecule has 158 valence electrons. The van der Waals surface area contributed by atoms with Crippen LogP contribution in [0.1, 0.15) is 10.4 Å². The zero-order chi connectivity index (χ0) is 21.8. The smallest absolute Gasteiger partial charge is 0.339 e. The first-order valence-electron chi connectivity index (χ1n) is 7.54. The van der Waals surface area contributed by atoms with Gasteiger partial charge in [-0.15, -0.1) is 0 Å². The van der Waals surface area contributed by atoms with E-state index in [1.54, 1.807) is 4.72 Å². The molecule has 1 heterocycles. The summed E-state index contributed by atoms with van der Waals surface area (Å²) in [6.45, 7) is -3.22. The Hall–Kier alpha value is -3.00. The van der Waals surface area contributed by atoms with Crippen LogP contribution in [0.3, 0.4) is 0 Å². The molecule has 1 aromatic rings. The zero-order valence-electron chi connectivity index (χ0n) is 14.8. The number of sulfonamides is 1. The van der Waals surface area contributed by atoms with Gasteiger partial charge in [0.1, 0.15) is 4.90 Å². The van der Waals surface area contributed by atoms with Crippen LogP contribution in [-0.4, -0.2) is 63.7 Å². The second-order valence-corrected chi connectivity index (χ2v) is 7.11. The summed E-state index contributed by atoms with van der Waals surface area (Å²) < 4.78 is 62.3. The number of carbonyl (C=O) groups is 2. The van der Waals surface area contributed by atoms with Crippen LogP contribution in [0.15, 0.2) is 39.1 Å². The number of aliphatic imine (C=N–C) groups is 2. The van der Waals surface area contributed by atoms with Gasteiger partial charge in [0.25, 0.3) is 10.0 Å². The summed E-state index contributed by atoms with van der Waals surface area (Å²) in [4.78, 5) is 30.4. The fourth-order valence-electron chi connectivity index (χ4n) is 2.18. The van der Waals surface area contributed by atoms with E-state index in [9.17, 15) is 26.8 Å². The third-order valence-electron chi connectivity index (χ3n) is 3.36. The second-order valence-electron chi connectivity index (χ2n) is 5.12. The number of hydrogen-bond donors (Lipinski definition) is 2. The lowest BCUT2D eigenvalue weighted by molar-refractivity contribution is -0.0220. The van der Waals surface area contributed by atoms with E-state index in [1.807, 2.05) is 5.32 Å². The first-order chi connectivity index (χ1) is 13.6. The van der Waals surface area contributed by atoms with Crippen molar-refractivity contribution in [1.82, 2.24) is 14.9 Å². The molecule has 2 N–H and O–H groups in total. The summed E-state index contributed by atoms with van der Waals surface area (Å²) in [5.74, 6) is -0.958. The Labute approximate surface area is 168 Å². The number of methoxy groups -OCH3 is 2. The summed E-state index contributed by atoms with van der Waals surface area (Å²) >= 11 is 5.61. The van der Waals surface area contributed by atoms with Gasteiger partial charge < -0.3 is 9.47 Å². The van der Waals surface area contributed by atoms with Crippen molar-refractivity contribution < 1.29 is 36.3 Å². The molecule has 0 radical (unpaired) electrons. The molecule has 0 saturated carbocycles. The number of urea groups is 1. The van der Waals surface area contributed by atoms with Crippen LogP contribution in [0.5, 0.6) is 0 Å². The molecule has 0 spiro atoms. The molecule has 0 bridgehead atoms. The number of amides is 2. The summed E-state index contributed by atoms with van der Waals surface area (Å²) in [5.41, 5.74) is -0.336. The summed E-state index contributed by atoms with van der Waals surface area (Å²) in [6.07, 6.45) is -1.82. The normalized spacial score (nSPS) is 16.6. The third-order valence-corrected chi connectivity index (χ3v) is 4.93. The molecule has 1 atom stereocenters. The van der Waals surface area contributed by atoms with Crippen LogP contribution in [0.2, 0.25) is 0 Å². The molecule has 15 heteroatoms. The zero-order valence-corrected chi connectivity index (χ0v) is 16.4. The molecule has 1 aliphatic rings. The molecule has 1 unspecified atom stereocenters. The predicted molar refractivity (Wildman–Crippen MR) is 96.0 cm³/mol. The minimum absolute atomic E-state index is 0.153. The van der Waals surface area contributed by atoms with E-state index in [0.717, 1.165) is 20.3 Å². The maximum Gasteiger partial charge on any atom is 0.339 e. The molecule has 1 aromatic carbocycles. The van der Waals surface area contributed by atoms with Crippen molar-refractivity contribution in [3.63, 3.8) is 0 Å². The Kier molecular flexibility index (Phi) is 6.92. The lowest BCUT2D eigenvalue weighted by Crippen LogP contribution is -2.56. The van der Waals surface area contributed by atoms with E-state index >= 15 is 0 Å². The number of ether oxygens (including phenoxy) is 2. The number of rotatable bonds is 5. The Morgan fingerprint density at radius 3 is 2.52 bits per heavy atom. The van der Waals surface area contributed by atoms with Gasteiger partial charge in [-0.2, -0.15) is 13.8 Å². The van der Waals surface area contributed by atoms with Crippen molar-refractivity contribution in [2.45, 2.75) is 17.7 Å². The highest BCUT2D eigenvalue weighted by molar-refractivity contribution is 7.90. The molecular weight excluding hydrogens is 440 g/mol. The summed E-state index contributed by atoms with van der Waals surface area (Å²) in [7, 11) is -2.50. The predicted octanol–water partition coefficient (Wildman–Crippen LogP) is 0.880. The van der Waals surface area contributed by atoms with Gasteiger partial charge in [-0.25, -0.2) is 32.6 Å². The molecule has 0 fully saturated rings. The van der Waals surface area contributed by atoms with Crippen LogP contribution in [0, 0.1) is 0 Å². The average molecular weight is 454 g/mol. The number of halogens is 3. The van der Waals surface area contributed by atoms with Gasteiger partial charge >= 0.3 is 24.6 Å². The molecule has 11 nitrogen and oxygen atoms in total. The van der Waals surface area contributed by atoms with Gasteiger partial charge in [0, 0.05) is 0 Å². The number of amidine groups is 2. The van der Waals surface area contributed by atoms with E-state index < -0.39 is 51.1 Å². The van der Waals surface area contributed by atoms with Crippen molar-refractivity contribution in [3.05, 3.63) is 29.8 Å². The molecule has 2 amide bonds. The monoisotopic (exact) mass is 453 g/mol. The van der Waals surface area contributed by atoms with Crippen LogP contribution in [0.25, 0.3) is 0 Å². The Bertz CT molecular complexity index is 971. The van der Waals surface area contributed by atoms with Crippen LogP contribution in [0.4, 0.5) is 13.6 Å². The Morgan fingerprint density at radius 1 is 1.28 bits per heavy atom. The highest BCUT2D eigenvalue weighted by atomic mass is 35.5. The quantitative estimate of drug-likeness (QED) is 0.498. The molecule has 2 rings (SSSR count). The summed E-state index contributed by atoms with van der Waals surface area (Å²) in [6, 6.07) is 2.84. The van der Waals surface area contributed by atoms with Crippen LogP contribution < -0.4 is 10.0 Å². The van der Waals surface area contributed by atoms with Gasteiger partial charge in [0.15, 0.2) is 0 Å². The fourth-order valence-corrected chi connectivity index (χ4v) is 3.46. The Balaban J connectivity index is 2.24. The Morgan fingerprint density at radius 2 is 1.93 bits per heavy atom. The van der Waals surface area contributed by atoms with E-state index in [-0.39, 0.29) is 10.5 Å². The molecular formula is C14H14ClF2N5O6S. The molecule has 0 saturated heterocycles. The largest absolute Gasteiger partial charge is 0.468 e. The SMILES string of the molecule is COC(=O)c1ccccc1S(=O)(=O)NC(=O)NC1N=C(Cl)N=C(OC)N1C(F)F. The first kappa shape index (κ1) is 22.3. The number of esters is 1. The van der Waals surface area contributed by atoms with Gasteiger partial charge in [-0.05, 0) is 23.7 Å². The van der Waals surface area contributed by atoms with Crippen molar-refractivity contribution in [1.29, 1.82) is 0 Å². The summed E-state index contributed by atoms with van der Waals surface area (Å²) in [5, 5.41) is 1.39. The van der Waals surface area contributed by atoms with Crippen molar-refractivity contribution in [2.75, 3.05) is 14.2 Å². The first-order valence-corrected chi connectivity index (χ1v) is 9.40. The van der Waals surface area contributed by atoms with Gasteiger partial charge in [0.2, 0.25) is 11.6 Å². The maximum atomic E-state index is 13.3. The maximum absolute atomic E-state index is 13.3. The van der Waals surface area contributed by atoms with Crippen LogP contribution >= 0.6 is 11.6 Å². The number of nitrogens with one attached hydrogen (secondary N) is 2. The average Bonchev–Trinajstić information content (AvgIpc) is 2.65. The van der Waals surface area contributed by atoms with Gasteiger partial charge in [-0.3, -0.25) is 5.32 Å². The van der Waals surface area contributed by atoms with E-state index in [2.05, 4.69) is 19.5 Å². The lowest BCUT2D eigenvalue weighted by atomic mass is 10.2. The second kappa shape index (κ2) is 9.00. The number of benzene rings is 1. The minimum Gasteiger partial charge on any atom is -0.468 e. The number of hydrogen-bond acceptors (Lipinski definition) is 9.